The first-order chi connectivity index (χ1) is 12.5. The van der Waals surface area contributed by atoms with Gasteiger partial charge in [0, 0.05) is 18.5 Å². The van der Waals surface area contributed by atoms with Crippen LogP contribution < -0.4 is 10.6 Å². The summed E-state index contributed by atoms with van der Waals surface area (Å²) in [5.74, 6) is 0.410. The van der Waals surface area contributed by atoms with Crippen molar-refractivity contribution in [3.8, 4) is 0 Å². The number of benzene rings is 2. The molecule has 6 nitrogen and oxygen atoms in total. The Bertz CT molecular complexity index is 899. The molecule has 2 aromatic carbocycles. The number of carbonyl (C=O) groups is 2. The maximum Gasteiger partial charge on any atom is 0.251 e. The summed E-state index contributed by atoms with van der Waals surface area (Å²) >= 11 is 0. The lowest BCUT2D eigenvalue weighted by molar-refractivity contribution is -0.121. The average molecular weight is 350 g/mol. The molecule has 134 valence electrons. The number of hydrogen-bond acceptors (Lipinski definition) is 3. The Morgan fingerprint density at radius 1 is 1.12 bits per heavy atom. The van der Waals surface area contributed by atoms with Crippen LogP contribution in [0.2, 0.25) is 0 Å². The lowest BCUT2D eigenvalue weighted by atomic mass is 10.1. The van der Waals surface area contributed by atoms with Crippen molar-refractivity contribution in [1.82, 2.24) is 20.6 Å². The van der Waals surface area contributed by atoms with Crippen LogP contribution in [0.4, 0.5) is 0 Å². The maximum absolute atomic E-state index is 12.1. The molecule has 3 N–H and O–H groups in total. The summed E-state index contributed by atoms with van der Waals surface area (Å²) in [7, 11) is 0. The fourth-order valence-corrected chi connectivity index (χ4v) is 2.77. The van der Waals surface area contributed by atoms with Gasteiger partial charge in [-0.2, -0.15) is 0 Å². The van der Waals surface area contributed by atoms with Crippen molar-refractivity contribution >= 4 is 22.8 Å². The van der Waals surface area contributed by atoms with Crippen molar-refractivity contribution < 1.29 is 9.59 Å². The molecule has 1 atom stereocenters. The minimum Gasteiger partial charge on any atom is -0.352 e. The smallest absolute Gasteiger partial charge is 0.251 e. The Balaban J connectivity index is 1.49. The van der Waals surface area contributed by atoms with Gasteiger partial charge in [-0.05, 0) is 37.6 Å². The van der Waals surface area contributed by atoms with Crippen molar-refractivity contribution in [1.29, 1.82) is 0 Å². The fraction of sp³-hybridized carbons (Fsp3) is 0.250. The number of rotatable bonds is 6. The van der Waals surface area contributed by atoms with Gasteiger partial charge in [-0.3, -0.25) is 9.59 Å². The Hall–Kier alpha value is -3.15. The minimum absolute atomic E-state index is 0.136. The van der Waals surface area contributed by atoms with E-state index in [1.54, 1.807) is 6.07 Å². The number of aromatic nitrogens is 2. The van der Waals surface area contributed by atoms with Crippen molar-refractivity contribution in [3.05, 3.63) is 65.5 Å². The van der Waals surface area contributed by atoms with Crippen molar-refractivity contribution in [2.45, 2.75) is 26.3 Å². The van der Waals surface area contributed by atoms with E-state index in [9.17, 15) is 9.59 Å². The SMILES string of the molecule is Cc1ccccc1C(=O)NCCC(=O)N[C@@H](C)c1nc2ccccc2[nH]1. The molecule has 2 amide bonds. The van der Waals surface area contributed by atoms with Gasteiger partial charge in [0.05, 0.1) is 17.1 Å². The van der Waals surface area contributed by atoms with E-state index >= 15 is 0 Å². The predicted octanol–water partition coefficient (Wildman–Crippen LogP) is 2.87. The van der Waals surface area contributed by atoms with E-state index in [0.717, 1.165) is 16.6 Å². The largest absolute Gasteiger partial charge is 0.352 e. The summed E-state index contributed by atoms with van der Waals surface area (Å²) < 4.78 is 0. The molecular weight excluding hydrogens is 328 g/mol. The Morgan fingerprint density at radius 2 is 1.85 bits per heavy atom. The fourth-order valence-electron chi connectivity index (χ4n) is 2.77. The van der Waals surface area contributed by atoms with Gasteiger partial charge >= 0.3 is 0 Å². The van der Waals surface area contributed by atoms with Crippen LogP contribution in [0, 0.1) is 6.92 Å². The lowest BCUT2D eigenvalue weighted by Crippen LogP contribution is -2.32. The van der Waals surface area contributed by atoms with E-state index in [1.165, 1.54) is 0 Å². The Kier molecular flexibility index (Phi) is 5.31. The first kappa shape index (κ1) is 17.7. The van der Waals surface area contributed by atoms with Gasteiger partial charge in [0.15, 0.2) is 0 Å². The number of nitrogens with one attached hydrogen (secondary N) is 3. The number of aromatic amines is 1. The molecule has 6 heteroatoms. The van der Waals surface area contributed by atoms with Crippen LogP contribution in [0.5, 0.6) is 0 Å². The summed E-state index contributed by atoms with van der Waals surface area (Å²) in [5.41, 5.74) is 3.35. The molecule has 26 heavy (non-hydrogen) atoms. The molecule has 0 fully saturated rings. The highest BCUT2D eigenvalue weighted by atomic mass is 16.2. The molecule has 0 radical (unpaired) electrons. The second kappa shape index (κ2) is 7.82. The quantitative estimate of drug-likeness (QED) is 0.639. The van der Waals surface area contributed by atoms with Crippen molar-refractivity contribution in [2.75, 3.05) is 6.54 Å². The van der Waals surface area contributed by atoms with Crippen molar-refractivity contribution in [3.63, 3.8) is 0 Å². The number of H-pyrrole nitrogens is 1. The van der Waals surface area contributed by atoms with Gasteiger partial charge in [0.2, 0.25) is 5.91 Å². The van der Waals surface area contributed by atoms with Gasteiger partial charge < -0.3 is 15.6 Å². The van der Waals surface area contributed by atoms with Gasteiger partial charge in [0.25, 0.3) is 5.91 Å². The molecule has 1 heterocycles. The van der Waals surface area contributed by atoms with Gasteiger partial charge in [0.1, 0.15) is 5.82 Å². The zero-order valence-corrected chi connectivity index (χ0v) is 14.9. The molecule has 0 spiro atoms. The van der Waals surface area contributed by atoms with Crippen LogP contribution in [0.1, 0.15) is 41.1 Å². The number of amides is 2. The highest BCUT2D eigenvalue weighted by molar-refractivity contribution is 5.95. The zero-order valence-electron chi connectivity index (χ0n) is 14.9. The molecule has 0 saturated heterocycles. The highest BCUT2D eigenvalue weighted by Gasteiger charge is 2.14. The van der Waals surface area contributed by atoms with E-state index in [0.29, 0.717) is 11.4 Å². The van der Waals surface area contributed by atoms with Gasteiger partial charge in [-0.15, -0.1) is 0 Å². The number of carbonyl (C=O) groups excluding carboxylic acids is 2. The van der Waals surface area contributed by atoms with E-state index in [-0.39, 0.29) is 30.8 Å². The second-order valence-electron chi connectivity index (χ2n) is 6.25. The van der Waals surface area contributed by atoms with Crippen LogP contribution in [0.3, 0.4) is 0 Å². The third kappa shape index (κ3) is 4.08. The Morgan fingerprint density at radius 3 is 2.62 bits per heavy atom. The summed E-state index contributed by atoms with van der Waals surface area (Å²) in [4.78, 5) is 31.9. The molecule has 0 bridgehead atoms. The summed E-state index contributed by atoms with van der Waals surface area (Å²) in [6.45, 7) is 4.05. The molecule has 0 unspecified atom stereocenters. The molecule has 0 saturated carbocycles. The monoisotopic (exact) mass is 350 g/mol. The molecule has 0 aliphatic heterocycles. The van der Waals surface area contributed by atoms with Crippen LogP contribution in [0.15, 0.2) is 48.5 Å². The summed E-state index contributed by atoms with van der Waals surface area (Å²) in [6, 6.07) is 14.9. The summed E-state index contributed by atoms with van der Waals surface area (Å²) in [5, 5.41) is 5.68. The van der Waals surface area contributed by atoms with Gasteiger partial charge in [-0.1, -0.05) is 30.3 Å². The molecule has 3 rings (SSSR count). The van der Waals surface area contributed by atoms with Crippen LogP contribution in [-0.2, 0) is 4.79 Å². The van der Waals surface area contributed by atoms with Crippen LogP contribution in [-0.4, -0.2) is 28.3 Å². The first-order valence-electron chi connectivity index (χ1n) is 8.62. The number of para-hydroxylation sites is 2. The Labute approximate surface area is 152 Å². The van der Waals surface area contributed by atoms with E-state index < -0.39 is 0 Å². The molecule has 0 aliphatic rings. The van der Waals surface area contributed by atoms with E-state index in [4.69, 9.17) is 0 Å². The number of hydrogen-bond donors (Lipinski definition) is 3. The van der Waals surface area contributed by atoms with Crippen LogP contribution >= 0.6 is 0 Å². The zero-order chi connectivity index (χ0) is 18.5. The topological polar surface area (TPSA) is 86.9 Å². The number of imidazole rings is 1. The second-order valence-corrected chi connectivity index (χ2v) is 6.25. The third-order valence-electron chi connectivity index (χ3n) is 4.22. The first-order valence-corrected chi connectivity index (χ1v) is 8.62. The normalized spacial score (nSPS) is 11.9. The van der Waals surface area contributed by atoms with Gasteiger partial charge in [-0.25, -0.2) is 4.98 Å². The predicted molar refractivity (Wildman–Crippen MR) is 101 cm³/mol. The lowest BCUT2D eigenvalue weighted by Gasteiger charge is -2.12. The maximum atomic E-state index is 12.1. The molecular formula is C20H22N4O2. The minimum atomic E-state index is -0.234. The third-order valence-corrected chi connectivity index (χ3v) is 4.22. The molecule has 0 aliphatic carbocycles. The molecule has 3 aromatic rings. The standard InChI is InChI=1S/C20H22N4O2/c1-13-7-3-4-8-15(13)20(26)21-12-11-18(25)22-14(2)19-23-16-9-5-6-10-17(16)24-19/h3-10,14H,11-12H2,1-2H3,(H,21,26)(H,22,25)(H,23,24)/t14-/m0/s1. The number of fused-ring (bicyclic) bond motifs is 1. The number of aryl methyl sites for hydroxylation is 1. The average Bonchev–Trinajstić information content (AvgIpc) is 3.06. The van der Waals surface area contributed by atoms with E-state index in [2.05, 4.69) is 20.6 Å². The van der Waals surface area contributed by atoms with Crippen molar-refractivity contribution in [2.24, 2.45) is 0 Å². The van der Waals surface area contributed by atoms with E-state index in [1.807, 2.05) is 56.3 Å². The number of nitrogens with zero attached hydrogens (tertiary/aromatic N) is 1. The van der Waals surface area contributed by atoms with Crippen LogP contribution in [0.25, 0.3) is 11.0 Å². The highest BCUT2D eigenvalue weighted by Crippen LogP contribution is 2.15. The molecule has 1 aromatic heterocycles. The summed E-state index contributed by atoms with van der Waals surface area (Å²) in [6.07, 6.45) is 0.211.